The standard InChI is InChI=1S/C17H24Cl2/c1-2-3-4-13-5-7-14(8-6-13)17(19)15-9-11-16(18)12-10-15/h9-14,17H,2-8H2,1H3. The lowest BCUT2D eigenvalue weighted by Crippen LogP contribution is -2.18. The highest BCUT2D eigenvalue weighted by Gasteiger charge is 2.27. The molecule has 0 amide bonds. The molecule has 1 saturated carbocycles. The second kappa shape index (κ2) is 7.55. The topological polar surface area (TPSA) is 0 Å². The lowest BCUT2D eigenvalue weighted by molar-refractivity contribution is 0.254. The Hall–Kier alpha value is -0.200. The summed E-state index contributed by atoms with van der Waals surface area (Å²) in [4.78, 5) is 0. The van der Waals surface area contributed by atoms with Gasteiger partial charge in [-0.1, -0.05) is 62.8 Å². The van der Waals surface area contributed by atoms with Gasteiger partial charge in [0, 0.05) is 5.02 Å². The smallest absolute Gasteiger partial charge is 0.0613 e. The molecule has 1 aromatic carbocycles. The first-order chi connectivity index (χ1) is 9.20. The molecule has 0 saturated heterocycles. The Balaban J connectivity index is 1.85. The van der Waals surface area contributed by atoms with Crippen LogP contribution in [0.4, 0.5) is 0 Å². The van der Waals surface area contributed by atoms with Crippen LogP contribution in [0.3, 0.4) is 0 Å². The maximum Gasteiger partial charge on any atom is 0.0613 e. The highest BCUT2D eigenvalue weighted by atomic mass is 35.5. The summed E-state index contributed by atoms with van der Waals surface area (Å²) in [7, 11) is 0. The summed E-state index contributed by atoms with van der Waals surface area (Å²) in [5.74, 6) is 1.59. The Kier molecular flexibility index (Phi) is 6.04. The number of hydrogen-bond donors (Lipinski definition) is 0. The third kappa shape index (κ3) is 4.39. The summed E-state index contributed by atoms with van der Waals surface area (Å²) in [6.45, 7) is 2.28. The van der Waals surface area contributed by atoms with Gasteiger partial charge in [-0.15, -0.1) is 11.6 Å². The molecule has 1 aromatic rings. The molecule has 0 nitrogen and oxygen atoms in total. The van der Waals surface area contributed by atoms with Crippen LogP contribution < -0.4 is 0 Å². The molecule has 0 N–H and O–H groups in total. The van der Waals surface area contributed by atoms with Gasteiger partial charge in [0.1, 0.15) is 0 Å². The van der Waals surface area contributed by atoms with Gasteiger partial charge in [0.2, 0.25) is 0 Å². The molecule has 0 spiro atoms. The van der Waals surface area contributed by atoms with Crippen LogP contribution in [-0.2, 0) is 0 Å². The molecule has 1 atom stereocenters. The van der Waals surface area contributed by atoms with Gasteiger partial charge in [0.25, 0.3) is 0 Å². The van der Waals surface area contributed by atoms with Gasteiger partial charge >= 0.3 is 0 Å². The molecule has 0 bridgehead atoms. The maximum atomic E-state index is 6.65. The van der Waals surface area contributed by atoms with E-state index >= 15 is 0 Å². The average Bonchev–Trinajstić information content (AvgIpc) is 2.46. The van der Waals surface area contributed by atoms with Crippen molar-refractivity contribution in [2.45, 2.75) is 57.2 Å². The highest BCUT2D eigenvalue weighted by Crippen LogP contribution is 2.41. The van der Waals surface area contributed by atoms with Crippen LogP contribution in [0.15, 0.2) is 24.3 Å². The Labute approximate surface area is 127 Å². The van der Waals surface area contributed by atoms with Crippen molar-refractivity contribution in [3.05, 3.63) is 34.9 Å². The van der Waals surface area contributed by atoms with Gasteiger partial charge in [0.05, 0.1) is 5.38 Å². The first-order valence-electron chi connectivity index (χ1n) is 7.60. The molecular formula is C17H24Cl2. The van der Waals surface area contributed by atoms with E-state index in [-0.39, 0.29) is 5.38 Å². The second-order valence-electron chi connectivity index (χ2n) is 5.88. The van der Waals surface area contributed by atoms with E-state index in [9.17, 15) is 0 Å². The highest BCUT2D eigenvalue weighted by molar-refractivity contribution is 6.30. The first-order valence-corrected chi connectivity index (χ1v) is 8.41. The van der Waals surface area contributed by atoms with Crippen molar-refractivity contribution >= 4 is 23.2 Å². The third-order valence-corrected chi connectivity index (χ3v) is 5.32. The van der Waals surface area contributed by atoms with Gasteiger partial charge in [0.15, 0.2) is 0 Å². The quantitative estimate of drug-likeness (QED) is 0.536. The monoisotopic (exact) mass is 298 g/mol. The van der Waals surface area contributed by atoms with E-state index in [0.29, 0.717) is 5.92 Å². The van der Waals surface area contributed by atoms with Crippen molar-refractivity contribution in [3.8, 4) is 0 Å². The summed E-state index contributed by atoms with van der Waals surface area (Å²) in [6.07, 6.45) is 9.41. The lowest BCUT2D eigenvalue weighted by Gasteiger charge is -2.31. The van der Waals surface area contributed by atoms with Gasteiger partial charge in [-0.05, 0) is 42.4 Å². The van der Waals surface area contributed by atoms with Crippen LogP contribution in [0, 0.1) is 11.8 Å². The van der Waals surface area contributed by atoms with Crippen molar-refractivity contribution in [3.63, 3.8) is 0 Å². The van der Waals surface area contributed by atoms with Gasteiger partial charge in [-0.3, -0.25) is 0 Å². The summed E-state index contributed by atoms with van der Waals surface area (Å²) >= 11 is 12.6. The van der Waals surface area contributed by atoms with Crippen molar-refractivity contribution in [2.24, 2.45) is 11.8 Å². The molecule has 2 rings (SSSR count). The Morgan fingerprint density at radius 1 is 1.11 bits per heavy atom. The molecule has 1 fully saturated rings. The molecule has 1 aliphatic rings. The van der Waals surface area contributed by atoms with Crippen LogP contribution in [0.5, 0.6) is 0 Å². The zero-order valence-electron chi connectivity index (χ0n) is 11.7. The molecule has 0 aliphatic heterocycles. The molecule has 0 heterocycles. The molecule has 1 aliphatic carbocycles. The average molecular weight is 299 g/mol. The van der Waals surface area contributed by atoms with Crippen molar-refractivity contribution < 1.29 is 0 Å². The second-order valence-corrected chi connectivity index (χ2v) is 6.78. The molecular weight excluding hydrogens is 275 g/mol. The minimum Gasteiger partial charge on any atom is -0.118 e. The van der Waals surface area contributed by atoms with E-state index in [4.69, 9.17) is 23.2 Å². The fraction of sp³-hybridized carbons (Fsp3) is 0.647. The molecule has 19 heavy (non-hydrogen) atoms. The van der Waals surface area contributed by atoms with Gasteiger partial charge < -0.3 is 0 Å². The van der Waals surface area contributed by atoms with Crippen LogP contribution in [0.2, 0.25) is 5.02 Å². The van der Waals surface area contributed by atoms with E-state index in [2.05, 4.69) is 19.1 Å². The van der Waals surface area contributed by atoms with Gasteiger partial charge in [-0.2, -0.15) is 0 Å². The van der Waals surface area contributed by atoms with Crippen molar-refractivity contribution in [1.29, 1.82) is 0 Å². The van der Waals surface area contributed by atoms with E-state index < -0.39 is 0 Å². The molecule has 2 heteroatoms. The van der Waals surface area contributed by atoms with Crippen molar-refractivity contribution in [1.82, 2.24) is 0 Å². The summed E-state index contributed by atoms with van der Waals surface area (Å²) in [5, 5.41) is 0.945. The van der Waals surface area contributed by atoms with E-state index in [0.717, 1.165) is 10.9 Å². The summed E-state index contributed by atoms with van der Waals surface area (Å²) < 4.78 is 0. The number of benzene rings is 1. The third-order valence-electron chi connectivity index (χ3n) is 4.46. The number of hydrogen-bond acceptors (Lipinski definition) is 0. The minimum atomic E-state index is 0.157. The number of rotatable bonds is 5. The number of halogens is 2. The lowest BCUT2D eigenvalue weighted by atomic mass is 9.77. The largest absolute Gasteiger partial charge is 0.118 e. The maximum absolute atomic E-state index is 6.65. The summed E-state index contributed by atoms with van der Waals surface area (Å²) in [5.41, 5.74) is 1.23. The van der Waals surface area contributed by atoms with Crippen LogP contribution in [0.25, 0.3) is 0 Å². The Morgan fingerprint density at radius 2 is 1.74 bits per heavy atom. The fourth-order valence-electron chi connectivity index (χ4n) is 3.18. The molecule has 0 radical (unpaired) electrons. The van der Waals surface area contributed by atoms with Gasteiger partial charge in [-0.25, -0.2) is 0 Å². The molecule has 1 unspecified atom stereocenters. The zero-order valence-corrected chi connectivity index (χ0v) is 13.3. The fourth-order valence-corrected chi connectivity index (χ4v) is 3.70. The molecule has 0 aromatic heterocycles. The number of alkyl halides is 1. The summed E-state index contributed by atoms with van der Waals surface area (Å²) in [6, 6.07) is 8.03. The van der Waals surface area contributed by atoms with Crippen LogP contribution >= 0.6 is 23.2 Å². The van der Waals surface area contributed by atoms with E-state index in [1.165, 1.54) is 50.5 Å². The zero-order chi connectivity index (χ0) is 13.7. The van der Waals surface area contributed by atoms with Crippen LogP contribution in [-0.4, -0.2) is 0 Å². The SMILES string of the molecule is CCCCC1CCC(C(Cl)c2ccc(Cl)cc2)CC1. The normalized spacial score (nSPS) is 25.2. The van der Waals surface area contributed by atoms with E-state index in [1.807, 2.05) is 12.1 Å². The Morgan fingerprint density at radius 3 is 2.32 bits per heavy atom. The predicted molar refractivity (Wildman–Crippen MR) is 85.0 cm³/mol. The first kappa shape index (κ1) is 15.2. The minimum absolute atomic E-state index is 0.157. The molecule has 106 valence electrons. The van der Waals surface area contributed by atoms with Crippen LogP contribution in [0.1, 0.15) is 62.8 Å². The number of unbranched alkanes of at least 4 members (excludes halogenated alkanes) is 1. The Bertz CT molecular complexity index is 363. The van der Waals surface area contributed by atoms with E-state index in [1.54, 1.807) is 0 Å². The predicted octanol–water partition coefficient (Wildman–Crippen LogP) is 6.62. The van der Waals surface area contributed by atoms with Crippen molar-refractivity contribution in [2.75, 3.05) is 0 Å².